The van der Waals surface area contributed by atoms with Crippen LogP contribution in [-0.2, 0) is 6.42 Å². The zero-order valence-electron chi connectivity index (χ0n) is 11.0. The van der Waals surface area contributed by atoms with Crippen LogP contribution in [0.5, 0.6) is 0 Å². The maximum Gasteiger partial charge on any atom is 0.270 e. The second-order valence-electron chi connectivity index (χ2n) is 4.49. The molecular formula is C14H12N4O2S. The summed E-state index contributed by atoms with van der Waals surface area (Å²) in [5.41, 5.74) is 3.69. The molecule has 0 amide bonds. The van der Waals surface area contributed by atoms with Crippen molar-refractivity contribution >= 4 is 33.7 Å². The van der Waals surface area contributed by atoms with Crippen LogP contribution in [0.25, 0.3) is 10.9 Å². The van der Waals surface area contributed by atoms with Gasteiger partial charge in [0, 0.05) is 35.9 Å². The van der Waals surface area contributed by atoms with Crippen LogP contribution in [-0.4, -0.2) is 21.4 Å². The van der Waals surface area contributed by atoms with Gasteiger partial charge < -0.3 is 5.32 Å². The lowest BCUT2D eigenvalue weighted by molar-refractivity contribution is -0.384. The summed E-state index contributed by atoms with van der Waals surface area (Å²) in [4.78, 5) is 19.0. The molecule has 0 aliphatic heterocycles. The van der Waals surface area contributed by atoms with Crippen molar-refractivity contribution in [3.8, 4) is 0 Å². The van der Waals surface area contributed by atoms with Gasteiger partial charge in [-0.05, 0) is 18.2 Å². The van der Waals surface area contributed by atoms with Gasteiger partial charge in [0.05, 0.1) is 21.6 Å². The van der Waals surface area contributed by atoms with E-state index in [0.29, 0.717) is 0 Å². The number of aromatic nitrogens is 2. The fourth-order valence-electron chi connectivity index (χ4n) is 2.00. The molecule has 6 nitrogen and oxygen atoms in total. The molecule has 106 valence electrons. The van der Waals surface area contributed by atoms with Crippen LogP contribution in [0, 0.1) is 10.1 Å². The van der Waals surface area contributed by atoms with Crippen molar-refractivity contribution in [1.82, 2.24) is 9.97 Å². The van der Waals surface area contributed by atoms with Gasteiger partial charge >= 0.3 is 0 Å². The van der Waals surface area contributed by atoms with Gasteiger partial charge in [-0.2, -0.15) is 0 Å². The SMILES string of the molecule is O=[N+]([O-])c1ccc2nc(NCCc3cscn3)ccc2c1. The van der Waals surface area contributed by atoms with Gasteiger partial charge in [0.15, 0.2) is 0 Å². The number of nitro benzene ring substituents is 1. The van der Waals surface area contributed by atoms with Crippen molar-refractivity contribution < 1.29 is 4.92 Å². The van der Waals surface area contributed by atoms with Crippen molar-refractivity contribution in [1.29, 1.82) is 0 Å². The average Bonchev–Trinajstić information content (AvgIpc) is 3.00. The van der Waals surface area contributed by atoms with E-state index >= 15 is 0 Å². The molecule has 2 heterocycles. The zero-order chi connectivity index (χ0) is 14.7. The van der Waals surface area contributed by atoms with E-state index in [1.54, 1.807) is 17.4 Å². The highest BCUT2D eigenvalue weighted by atomic mass is 32.1. The van der Waals surface area contributed by atoms with E-state index in [0.717, 1.165) is 35.4 Å². The van der Waals surface area contributed by atoms with Crippen molar-refractivity contribution in [2.24, 2.45) is 0 Å². The third-order valence-corrected chi connectivity index (χ3v) is 3.69. The zero-order valence-corrected chi connectivity index (χ0v) is 11.8. The molecule has 0 aliphatic rings. The number of pyridine rings is 1. The van der Waals surface area contributed by atoms with E-state index in [1.165, 1.54) is 12.1 Å². The van der Waals surface area contributed by atoms with Crippen LogP contribution in [0.2, 0.25) is 0 Å². The highest BCUT2D eigenvalue weighted by Gasteiger charge is 2.07. The first kappa shape index (κ1) is 13.4. The smallest absolute Gasteiger partial charge is 0.270 e. The molecular weight excluding hydrogens is 288 g/mol. The number of nitrogens with one attached hydrogen (secondary N) is 1. The average molecular weight is 300 g/mol. The Balaban J connectivity index is 1.72. The van der Waals surface area contributed by atoms with E-state index in [1.807, 2.05) is 23.0 Å². The minimum Gasteiger partial charge on any atom is -0.370 e. The summed E-state index contributed by atoms with van der Waals surface area (Å²) in [7, 11) is 0. The van der Waals surface area contributed by atoms with E-state index in [2.05, 4.69) is 15.3 Å². The Labute approximate surface area is 124 Å². The summed E-state index contributed by atoms with van der Waals surface area (Å²) in [6.07, 6.45) is 0.837. The van der Waals surface area contributed by atoms with E-state index in [9.17, 15) is 10.1 Å². The molecule has 0 unspecified atom stereocenters. The molecule has 7 heteroatoms. The minimum atomic E-state index is -0.403. The van der Waals surface area contributed by atoms with Gasteiger partial charge in [0.25, 0.3) is 5.69 Å². The Hall–Kier alpha value is -2.54. The van der Waals surface area contributed by atoms with Crippen LogP contribution in [0.1, 0.15) is 5.69 Å². The number of thiazole rings is 1. The molecule has 0 saturated carbocycles. The summed E-state index contributed by atoms with van der Waals surface area (Å²) in [6.45, 7) is 0.745. The number of fused-ring (bicyclic) bond motifs is 1. The van der Waals surface area contributed by atoms with Crippen molar-refractivity contribution in [2.45, 2.75) is 6.42 Å². The number of hydrogen-bond acceptors (Lipinski definition) is 6. The monoisotopic (exact) mass is 300 g/mol. The first-order valence-electron chi connectivity index (χ1n) is 6.38. The Morgan fingerprint density at radius 3 is 2.95 bits per heavy atom. The molecule has 0 saturated heterocycles. The van der Waals surface area contributed by atoms with Crippen molar-refractivity contribution in [2.75, 3.05) is 11.9 Å². The van der Waals surface area contributed by atoms with Crippen LogP contribution < -0.4 is 5.32 Å². The number of benzene rings is 1. The highest BCUT2D eigenvalue weighted by Crippen LogP contribution is 2.21. The van der Waals surface area contributed by atoms with Gasteiger partial charge in [0.2, 0.25) is 0 Å². The predicted molar refractivity (Wildman–Crippen MR) is 82.7 cm³/mol. The van der Waals surface area contributed by atoms with E-state index < -0.39 is 4.92 Å². The molecule has 21 heavy (non-hydrogen) atoms. The quantitative estimate of drug-likeness (QED) is 0.578. The number of rotatable bonds is 5. The number of anilines is 1. The second-order valence-corrected chi connectivity index (χ2v) is 5.21. The normalized spacial score (nSPS) is 10.7. The topological polar surface area (TPSA) is 81.0 Å². The number of nitrogens with zero attached hydrogens (tertiary/aromatic N) is 3. The fraction of sp³-hybridized carbons (Fsp3) is 0.143. The molecule has 0 fully saturated rings. The molecule has 0 spiro atoms. The number of hydrogen-bond donors (Lipinski definition) is 1. The molecule has 0 atom stereocenters. The van der Waals surface area contributed by atoms with Gasteiger partial charge in [-0.25, -0.2) is 9.97 Å². The maximum atomic E-state index is 10.7. The molecule has 1 N–H and O–H groups in total. The first-order chi connectivity index (χ1) is 10.2. The summed E-state index contributed by atoms with van der Waals surface area (Å²) in [5.74, 6) is 0.756. The molecule has 0 radical (unpaired) electrons. The summed E-state index contributed by atoms with van der Waals surface area (Å²) < 4.78 is 0. The largest absolute Gasteiger partial charge is 0.370 e. The number of non-ortho nitro benzene ring substituents is 1. The molecule has 0 bridgehead atoms. The third-order valence-electron chi connectivity index (χ3n) is 3.05. The Bertz CT molecular complexity index is 774. The minimum absolute atomic E-state index is 0.0774. The van der Waals surface area contributed by atoms with Gasteiger partial charge in [0.1, 0.15) is 5.82 Å². The molecule has 2 aromatic heterocycles. The van der Waals surface area contributed by atoms with Gasteiger partial charge in [-0.15, -0.1) is 11.3 Å². The van der Waals surface area contributed by atoms with Crippen LogP contribution >= 0.6 is 11.3 Å². The lowest BCUT2D eigenvalue weighted by Gasteiger charge is -2.05. The standard InChI is InChI=1S/C14H12N4O2S/c19-18(20)12-2-3-13-10(7-12)1-4-14(17-13)15-6-5-11-8-21-9-16-11/h1-4,7-9H,5-6H2,(H,15,17). The van der Waals surface area contributed by atoms with Gasteiger partial charge in [-0.3, -0.25) is 10.1 Å². The van der Waals surface area contributed by atoms with Gasteiger partial charge in [-0.1, -0.05) is 0 Å². The first-order valence-corrected chi connectivity index (χ1v) is 7.33. The Morgan fingerprint density at radius 2 is 2.19 bits per heavy atom. The number of nitro groups is 1. The second kappa shape index (κ2) is 5.84. The fourth-order valence-corrected chi connectivity index (χ4v) is 2.60. The maximum absolute atomic E-state index is 10.7. The van der Waals surface area contributed by atoms with Crippen molar-refractivity contribution in [3.05, 3.63) is 57.0 Å². The van der Waals surface area contributed by atoms with Crippen LogP contribution in [0.3, 0.4) is 0 Å². The lowest BCUT2D eigenvalue weighted by atomic mass is 10.2. The Morgan fingerprint density at radius 1 is 1.29 bits per heavy atom. The molecule has 0 aliphatic carbocycles. The highest BCUT2D eigenvalue weighted by molar-refractivity contribution is 7.07. The van der Waals surface area contributed by atoms with E-state index in [-0.39, 0.29) is 5.69 Å². The predicted octanol–water partition coefficient (Wildman–Crippen LogP) is 3.25. The third kappa shape index (κ3) is 3.14. The van der Waals surface area contributed by atoms with E-state index in [4.69, 9.17) is 0 Å². The van der Waals surface area contributed by atoms with Crippen molar-refractivity contribution in [3.63, 3.8) is 0 Å². The van der Waals surface area contributed by atoms with Crippen LogP contribution in [0.4, 0.5) is 11.5 Å². The Kier molecular flexibility index (Phi) is 3.74. The summed E-state index contributed by atoms with van der Waals surface area (Å²) in [5, 5.41) is 16.7. The summed E-state index contributed by atoms with van der Waals surface area (Å²) >= 11 is 1.58. The molecule has 1 aromatic carbocycles. The van der Waals surface area contributed by atoms with Crippen LogP contribution in [0.15, 0.2) is 41.2 Å². The lowest BCUT2D eigenvalue weighted by Crippen LogP contribution is -2.06. The molecule has 3 rings (SSSR count). The molecule has 3 aromatic rings. The summed E-state index contributed by atoms with van der Waals surface area (Å²) in [6, 6.07) is 8.32.